The van der Waals surface area contributed by atoms with Crippen LogP contribution in [0, 0.1) is 62.8 Å². The first-order valence-corrected chi connectivity index (χ1v) is 15.3. The summed E-state index contributed by atoms with van der Waals surface area (Å²) in [5.41, 5.74) is 2.44. The Kier molecular flexibility index (Phi) is 9.90. The number of benzene rings is 4. The molecule has 0 aliphatic heterocycles. The molecular formula is C37H40F4OS. The molecule has 228 valence electrons. The van der Waals surface area contributed by atoms with Crippen LogP contribution in [0.4, 0.5) is 17.6 Å². The molecule has 6 aromatic rings. The lowest BCUT2D eigenvalue weighted by atomic mass is 9.84. The van der Waals surface area contributed by atoms with E-state index in [0.29, 0.717) is 42.4 Å². The van der Waals surface area contributed by atoms with Crippen molar-refractivity contribution in [1.29, 1.82) is 0 Å². The van der Waals surface area contributed by atoms with Crippen molar-refractivity contribution in [2.45, 2.75) is 74.7 Å². The summed E-state index contributed by atoms with van der Waals surface area (Å²) in [7, 11) is 0. The molecule has 2 aromatic heterocycles. The van der Waals surface area contributed by atoms with E-state index in [-0.39, 0.29) is 30.2 Å². The van der Waals surface area contributed by atoms with Gasteiger partial charge in [-0.25, -0.2) is 17.6 Å². The monoisotopic (exact) mass is 608 g/mol. The predicted molar refractivity (Wildman–Crippen MR) is 175 cm³/mol. The van der Waals surface area contributed by atoms with E-state index in [9.17, 15) is 17.6 Å². The minimum atomic E-state index is -0.421. The van der Waals surface area contributed by atoms with Crippen LogP contribution in [0.1, 0.15) is 69.2 Å². The van der Waals surface area contributed by atoms with Gasteiger partial charge >= 0.3 is 0 Å². The summed E-state index contributed by atoms with van der Waals surface area (Å²) in [6.07, 6.45) is 5.89. The third-order valence-corrected chi connectivity index (χ3v) is 9.66. The van der Waals surface area contributed by atoms with Crippen molar-refractivity contribution in [3.8, 4) is 0 Å². The third kappa shape index (κ3) is 6.31. The van der Waals surface area contributed by atoms with Gasteiger partial charge in [-0.1, -0.05) is 95.5 Å². The van der Waals surface area contributed by atoms with Gasteiger partial charge in [0.25, 0.3) is 0 Å². The summed E-state index contributed by atoms with van der Waals surface area (Å²) in [4.78, 5) is 0. The van der Waals surface area contributed by atoms with E-state index >= 15 is 0 Å². The highest BCUT2D eigenvalue weighted by Crippen LogP contribution is 2.38. The van der Waals surface area contributed by atoms with Gasteiger partial charge in [-0.2, -0.15) is 0 Å². The van der Waals surface area contributed by atoms with Gasteiger partial charge in [0, 0.05) is 21.5 Å². The summed E-state index contributed by atoms with van der Waals surface area (Å²) in [6.45, 7) is 11.5. The Morgan fingerprint density at radius 1 is 0.512 bits per heavy atom. The van der Waals surface area contributed by atoms with E-state index in [1.807, 2.05) is 12.1 Å². The number of hydrogen-bond donors (Lipinski definition) is 0. The SMILES string of the molecule is C.CC1CCC(C)CC1.Cc1ccc2c(oc3c(F)c(C)ccc32)c1F.Cc1ccc2c(sc3c(F)c(C)ccc32)c1F. The Labute approximate surface area is 255 Å². The first-order chi connectivity index (χ1) is 20.0. The van der Waals surface area contributed by atoms with Gasteiger partial charge in [0.1, 0.15) is 11.6 Å². The van der Waals surface area contributed by atoms with E-state index in [0.717, 1.165) is 22.6 Å². The number of fused-ring (bicyclic) bond motifs is 6. The first kappa shape index (κ1) is 32.5. The Hall–Kier alpha value is -3.38. The van der Waals surface area contributed by atoms with Crippen LogP contribution in [-0.2, 0) is 0 Å². The van der Waals surface area contributed by atoms with E-state index in [2.05, 4.69) is 13.8 Å². The molecule has 0 radical (unpaired) electrons. The number of rotatable bonds is 0. The molecule has 0 saturated heterocycles. The molecule has 1 fully saturated rings. The zero-order chi connectivity index (χ0) is 30.3. The second-order valence-electron chi connectivity index (χ2n) is 11.9. The topological polar surface area (TPSA) is 13.1 Å². The lowest BCUT2D eigenvalue weighted by Crippen LogP contribution is -2.08. The summed E-state index contributed by atoms with van der Waals surface area (Å²) in [6, 6.07) is 14.1. The minimum absolute atomic E-state index is 0. The predicted octanol–water partition coefficient (Wildman–Crippen LogP) is 12.9. The molecule has 2 heterocycles. The third-order valence-electron chi connectivity index (χ3n) is 8.45. The fourth-order valence-electron chi connectivity index (χ4n) is 5.50. The van der Waals surface area contributed by atoms with Crippen molar-refractivity contribution in [3.63, 3.8) is 0 Å². The zero-order valence-electron chi connectivity index (χ0n) is 24.9. The highest BCUT2D eigenvalue weighted by molar-refractivity contribution is 7.25. The van der Waals surface area contributed by atoms with Crippen molar-refractivity contribution in [2.75, 3.05) is 0 Å². The van der Waals surface area contributed by atoms with Crippen LogP contribution in [0.3, 0.4) is 0 Å². The van der Waals surface area contributed by atoms with Gasteiger partial charge < -0.3 is 4.42 Å². The Bertz CT molecular complexity index is 1640. The van der Waals surface area contributed by atoms with Gasteiger partial charge in [0.2, 0.25) is 0 Å². The van der Waals surface area contributed by atoms with Gasteiger partial charge in [-0.3, -0.25) is 0 Å². The molecule has 4 aromatic carbocycles. The molecule has 7 rings (SSSR count). The van der Waals surface area contributed by atoms with Gasteiger partial charge in [0.05, 0.1) is 9.40 Å². The minimum Gasteiger partial charge on any atom is -0.450 e. The molecule has 1 nitrogen and oxygen atoms in total. The van der Waals surface area contributed by atoms with Crippen LogP contribution >= 0.6 is 11.3 Å². The maximum Gasteiger partial charge on any atom is 0.171 e. The van der Waals surface area contributed by atoms with Crippen molar-refractivity contribution < 1.29 is 22.0 Å². The number of hydrogen-bond acceptors (Lipinski definition) is 2. The number of halogens is 4. The average molecular weight is 609 g/mol. The molecule has 0 spiro atoms. The molecular weight excluding hydrogens is 568 g/mol. The summed E-state index contributed by atoms with van der Waals surface area (Å²) in [5.74, 6) is 0.727. The van der Waals surface area contributed by atoms with Crippen LogP contribution < -0.4 is 0 Å². The van der Waals surface area contributed by atoms with E-state index in [1.165, 1.54) is 37.0 Å². The Morgan fingerprint density at radius 3 is 1.16 bits per heavy atom. The van der Waals surface area contributed by atoms with Gasteiger partial charge in [-0.15, -0.1) is 11.3 Å². The highest BCUT2D eigenvalue weighted by atomic mass is 32.1. The highest BCUT2D eigenvalue weighted by Gasteiger charge is 2.17. The maximum absolute atomic E-state index is 14.0. The van der Waals surface area contributed by atoms with E-state index in [4.69, 9.17) is 4.42 Å². The smallest absolute Gasteiger partial charge is 0.171 e. The van der Waals surface area contributed by atoms with Crippen LogP contribution in [0.15, 0.2) is 52.9 Å². The van der Waals surface area contributed by atoms with Gasteiger partial charge in [0.15, 0.2) is 22.8 Å². The van der Waals surface area contributed by atoms with E-state index < -0.39 is 11.6 Å². The second kappa shape index (κ2) is 13.1. The van der Waals surface area contributed by atoms with Crippen LogP contribution in [0.5, 0.6) is 0 Å². The molecule has 43 heavy (non-hydrogen) atoms. The Balaban J connectivity index is 0.000000155. The molecule has 1 aliphatic rings. The molecule has 6 heteroatoms. The van der Waals surface area contributed by atoms with Crippen molar-refractivity contribution in [3.05, 3.63) is 94.1 Å². The summed E-state index contributed by atoms with van der Waals surface area (Å²) in [5, 5.41) is 2.82. The second-order valence-corrected chi connectivity index (χ2v) is 12.9. The zero-order valence-corrected chi connectivity index (χ0v) is 25.7. The van der Waals surface area contributed by atoms with Crippen molar-refractivity contribution in [1.82, 2.24) is 0 Å². The van der Waals surface area contributed by atoms with Crippen molar-refractivity contribution >= 4 is 53.4 Å². The fourth-order valence-corrected chi connectivity index (χ4v) is 6.78. The van der Waals surface area contributed by atoms with Crippen LogP contribution in [0.25, 0.3) is 42.1 Å². The number of thiophene rings is 1. The normalized spacial score (nSPS) is 16.5. The Morgan fingerprint density at radius 2 is 0.814 bits per heavy atom. The molecule has 0 N–H and O–H groups in total. The molecule has 0 bridgehead atoms. The quantitative estimate of drug-likeness (QED) is 0.156. The molecule has 0 amide bonds. The molecule has 1 aliphatic carbocycles. The fraction of sp³-hybridized carbons (Fsp3) is 0.351. The lowest BCUT2D eigenvalue weighted by molar-refractivity contribution is 0.308. The molecule has 1 saturated carbocycles. The lowest BCUT2D eigenvalue weighted by Gasteiger charge is -2.22. The number of aryl methyl sites for hydroxylation is 4. The maximum atomic E-state index is 14.0. The number of furan rings is 1. The van der Waals surface area contributed by atoms with Crippen molar-refractivity contribution in [2.24, 2.45) is 11.8 Å². The van der Waals surface area contributed by atoms with E-state index in [1.54, 1.807) is 64.1 Å². The first-order valence-electron chi connectivity index (χ1n) is 14.5. The molecule has 0 unspecified atom stereocenters. The summed E-state index contributed by atoms with van der Waals surface area (Å²) >= 11 is 1.19. The largest absolute Gasteiger partial charge is 0.450 e. The average Bonchev–Trinajstić information content (AvgIpc) is 3.55. The standard InChI is InChI=1S/C14H10F2O.C14H10F2S.C8H16.CH4/c2*1-7-3-5-9-10-6-4-8(2)12(16)14(10)17-13(9)11(7)15;1-7-3-5-8(2)6-4-7;/h2*3-6H,1-2H3;7-8H,3-6H2,1-2H3;1H4. The molecule has 0 atom stereocenters. The summed E-state index contributed by atoms with van der Waals surface area (Å²) < 4.78 is 62.0. The van der Waals surface area contributed by atoms with Gasteiger partial charge in [-0.05, 0) is 61.8 Å². The van der Waals surface area contributed by atoms with Crippen LogP contribution in [0.2, 0.25) is 0 Å². The van der Waals surface area contributed by atoms with Crippen LogP contribution in [-0.4, -0.2) is 0 Å².